The molecule has 0 aliphatic carbocycles. The molecule has 0 radical (unpaired) electrons. The smallest absolute Gasteiger partial charge is 0.411 e. The summed E-state index contributed by atoms with van der Waals surface area (Å²) in [5.41, 5.74) is -0.177. The largest absolute Gasteiger partial charge is 0.467 e. The number of nitrogens with zero attached hydrogens (tertiary/aromatic N) is 1. The number of esters is 1. The molecule has 0 N–H and O–H groups in total. The minimum absolute atomic E-state index is 0.102. The first-order valence-corrected chi connectivity index (χ1v) is 12.4. The molecule has 5 heteroatoms. The molecule has 5 nitrogen and oxygen atoms in total. The van der Waals surface area contributed by atoms with Crippen LogP contribution in [0.3, 0.4) is 0 Å². The van der Waals surface area contributed by atoms with Crippen LogP contribution in [0.1, 0.15) is 112 Å². The van der Waals surface area contributed by atoms with Gasteiger partial charge in [0.1, 0.15) is 11.1 Å². The SMILES string of the molecule is CCCCCC/C(C)=C\CCC1(C(=O)OC)C(CCCC)CCN1C(=O)OC(C)(C)C. The van der Waals surface area contributed by atoms with Crippen LogP contribution >= 0.6 is 0 Å². The lowest BCUT2D eigenvalue weighted by atomic mass is 9.78. The van der Waals surface area contributed by atoms with E-state index in [1.807, 2.05) is 20.8 Å². The molecule has 2 unspecified atom stereocenters. The Balaban J connectivity index is 3.07. The Hall–Kier alpha value is -1.52. The van der Waals surface area contributed by atoms with Crippen LogP contribution in [-0.2, 0) is 14.3 Å². The molecule has 1 saturated heterocycles. The molecule has 0 spiro atoms. The van der Waals surface area contributed by atoms with E-state index in [9.17, 15) is 9.59 Å². The van der Waals surface area contributed by atoms with Gasteiger partial charge in [0.2, 0.25) is 0 Å². The predicted octanol–water partition coefficient (Wildman–Crippen LogP) is 7.04. The van der Waals surface area contributed by atoms with Gasteiger partial charge in [-0.2, -0.15) is 0 Å². The average Bonchev–Trinajstić information content (AvgIpc) is 3.07. The van der Waals surface area contributed by atoms with Crippen molar-refractivity contribution in [2.24, 2.45) is 5.92 Å². The van der Waals surface area contributed by atoms with E-state index in [2.05, 4.69) is 26.8 Å². The molecule has 1 fully saturated rings. The van der Waals surface area contributed by atoms with E-state index in [1.54, 1.807) is 4.90 Å². The Kier molecular flexibility index (Phi) is 11.6. The number of unbranched alkanes of at least 4 members (excludes halogenated alkanes) is 4. The molecule has 1 rings (SSSR count). The lowest BCUT2D eigenvalue weighted by Gasteiger charge is -2.40. The van der Waals surface area contributed by atoms with Crippen LogP contribution in [0.4, 0.5) is 4.79 Å². The standard InChI is InChI=1S/C26H47NO4/c1-8-10-12-13-15-21(3)16-14-19-26(23(28)30-7)22(17-11-9-2)18-20-27(26)24(29)31-25(4,5)6/h16,22H,8-15,17-20H2,1-7H3/b21-16-. The van der Waals surface area contributed by atoms with Crippen molar-refractivity contribution >= 4 is 12.1 Å². The number of amides is 1. The molecule has 2 atom stereocenters. The maximum atomic E-state index is 13.2. The van der Waals surface area contributed by atoms with Crippen molar-refractivity contribution < 1.29 is 19.1 Å². The fraction of sp³-hybridized carbons (Fsp3) is 0.846. The first-order valence-electron chi connectivity index (χ1n) is 12.4. The van der Waals surface area contributed by atoms with Crippen molar-refractivity contribution in [2.75, 3.05) is 13.7 Å². The number of allylic oxidation sites excluding steroid dienone is 2. The van der Waals surface area contributed by atoms with Gasteiger partial charge in [0.25, 0.3) is 0 Å². The fourth-order valence-electron chi connectivity index (χ4n) is 4.71. The van der Waals surface area contributed by atoms with Crippen LogP contribution in [-0.4, -0.2) is 41.8 Å². The first kappa shape index (κ1) is 27.5. The Morgan fingerprint density at radius 2 is 1.77 bits per heavy atom. The lowest BCUT2D eigenvalue weighted by molar-refractivity contribution is -0.156. The number of ether oxygens (including phenoxy) is 2. The quantitative estimate of drug-likeness (QED) is 0.187. The summed E-state index contributed by atoms with van der Waals surface area (Å²) in [5.74, 6) is -0.198. The predicted molar refractivity (Wildman–Crippen MR) is 127 cm³/mol. The van der Waals surface area contributed by atoms with Crippen molar-refractivity contribution in [3.63, 3.8) is 0 Å². The molecule has 0 aromatic heterocycles. The molecule has 1 amide bonds. The zero-order chi connectivity index (χ0) is 23.5. The van der Waals surface area contributed by atoms with Crippen LogP contribution < -0.4 is 0 Å². The number of methoxy groups -OCH3 is 1. The van der Waals surface area contributed by atoms with E-state index >= 15 is 0 Å². The number of carbonyl (C=O) groups excluding carboxylic acids is 2. The van der Waals surface area contributed by atoms with E-state index in [0.717, 1.165) is 38.5 Å². The Bertz CT molecular complexity index is 593. The molecule has 1 aliphatic heterocycles. The van der Waals surface area contributed by atoms with E-state index in [-0.39, 0.29) is 11.9 Å². The molecule has 180 valence electrons. The normalized spacial score (nSPS) is 22.0. The minimum atomic E-state index is -0.939. The summed E-state index contributed by atoms with van der Waals surface area (Å²) in [6.07, 6.45) is 13.1. The topological polar surface area (TPSA) is 55.8 Å². The van der Waals surface area contributed by atoms with Gasteiger partial charge >= 0.3 is 12.1 Å². The highest BCUT2D eigenvalue weighted by Gasteiger charge is 2.57. The Morgan fingerprint density at radius 3 is 2.35 bits per heavy atom. The van der Waals surface area contributed by atoms with Gasteiger partial charge in [-0.25, -0.2) is 9.59 Å². The zero-order valence-electron chi connectivity index (χ0n) is 21.2. The molecule has 31 heavy (non-hydrogen) atoms. The van der Waals surface area contributed by atoms with Crippen LogP contribution in [0, 0.1) is 5.92 Å². The second-order valence-corrected chi connectivity index (χ2v) is 10.1. The third kappa shape index (κ3) is 8.16. The van der Waals surface area contributed by atoms with Crippen molar-refractivity contribution in [3.05, 3.63) is 11.6 Å². The number of hydrogen-bond donors (Lipinski definition) is 0. The second-order valence-electron chi connectivity index (χ2n) is 10.1. The highest BCUT2D eigenvalue weighted by molar-refractivity contribution is 5.87. The fourth-order valence-corrected chi connectivity index (χ4v) is 4.71. The summed E-state index contributed by atoms with van der Waals surface area (Å²) in [6, 6.07) is 0. The van der Waals surface area contributed by atoms with Gasteiger partial charge in [0.15, 0.2) is 0 Å². The zero-order valence-corrected chi connectivity index (χ0v) is 21.2. The monoisotopic (exact) mass is 437 g/mol. The summed E-state index contributed by atoms with van der Waals surface area (Å²) in [6.45, 7) is 12.7. The summed E-state index contributed by atoms with van der Waals surface area (Å²) in [5, 5.41) is 0. The van der Waals surface area contributed by atoms with Gasteiger partial charge < -0.3 is 9.47 Å². The lowest BCUT2D eigenvalue weighted by Crippen LogP contribution is -2.57. The minimum Gasteiger partial charge on any atom is -0.467 e. The summed E-state index contributed by atoms with van der Waals surface area (Å²) in [7, 11) is 1.43. The van der Waals surface area contributed by atoms with Crippen molar-refractivity contribution in [2.45, 2.75) is 123 Å². The van der Waals surface area contributed by atoms with Crippen molar-refractivity contribution in [1.82, 2.24) is 4.90 Å². The third-order valence-electron chi connectivity index (χ3n) is 6.36. The van der Waals surface area contributed by atoms with E-state index < -0.39 is 17.2 Å². The third-order valence-corrected chi connectivity index (χ3v) is 6.36. The van der Waals surface area contributed by atoms with Crippen molar-refractivity contribution in [3.8, 4) is 0 Å². The Labute approximate surface area is 190 Å². The number of likely N-dealkylation sites (tertiary alicyclic amines) is 1. The van der Waals surface area contributed by atoms with E-state index in [1.165, 1.54) is 38.4 Å². The second kappa shape index (κ2) is 13.1. The first-order chi connectivity index (χ1) is 14.6. The van der Waals surface area contributed by atoms with Gasteiger partial charge in [0.05, 0.1) is 7.11 Å². The molecule has 1 aliphatic rings. The summed E-state index contributed by atoms with van der Waals surface area (Å²) in [4.78, 5) is 28.0. The van der Waals surface area contributed by atoms with Gasteiger partial charge in [-0.3, -0.25) is 4.90 Å². The van der Waals surface area contributed by atoms with E-state index in [0.29, 0.717) is 13.0 Å². The molecule has 0 saturated carbocycles. The van der Waals surface area contributed by atoms with Crippen LogP contribution in [0.15, 0.2) is 11.6 Å². The molecular weight excluding hydrogens is 390 g/mol. The molecule has 1 heterocycles. The summed E-state index contributed by atoms with van der Waals surface area (Å²) < 4.78 is 11.0. The molecular formula is C26H47NO4. The summed E-state index contributed by atoms with van der Waals surface area (Å²) >= 11 is 0. The highest BCUT2D eigenvalue weighted by atomic mass is 16.6. The Morgan fingerprint density at radius 1 is 1.10 bits per heavy atom. The van der Waals surface area contributed by atoms with Gasteiger partial charge in [-0.05, 0) is 72.1 Å². The van der Waals surface area contributed by atoms with Gasteiger partial charge in [-0.15, -0.1) is 0 Å². The maximum Gasteiger partial charge on any atom is 0.411 e. The average molecular weight is 438 g/mol. The van der Waals surface area contributed by atoms with Crippen molar-refractivity contribution in [1.29, 1.82) is 0 Å². The maximum absolute atomic E-state index is 13.2. The number of carbonyl (C=O) groups is 2. The van der Waals surface area contributed by atoms with E-state index in [4.69, 9.17) is 9.47 Å². The number of rotatable bonds is 12. The van der Waals surface area contributed by atoms with Crippen LogP contribution in [0.25, 0.3) is 0 Å². The molecule has 0 aromatic rings. The molecule has 0 aromatic carbocycles. The van der Waals surface area contributed by atoms with Crippen LogP contribution in [0.2, 0.25) is 0 Å². The number of hydrogen-bond acceptors (Lipinski definition) is 4. The van der Waals surface area contributed by atoms with Gasteiger partial charge in [0, 0.05) is 6.54 Å². The molecule has 0 bridgehead atoms. The van der Waals surface area contributed by atoms with Crippen LogP contribution in [0.5, 0.6) is 0 Å². The van der Waals surface area contributed by atoms with Gasteiger partial charge in [-0.1, -0.05) is 57.6 Å². The highest BCUT2D eigenvalue weighted by Crippen LogP contribution is 2.43.